The molecule has 0 heterocycles. The summed E-state index contributed by atoms with van der Waals surface area (Å²) in [6, 6.07) is 10.3. The number of aliphatic hydroxyl groups excluding tert-OH is 1. The van der Waals surface area contributed by atoms with Crippen molar-refractivity contribution in [2.24, 2.45) is 11.8 Å². The molecule has 1 aromatic rings. The summed E-state index contributed by atoms with van der Waals surface area (Å²) in [7, 11) is 0. The first-order valence-corrected chi connectivity index (χ1v) is 9.92. The van der Waals surface area contributed by atoms with Gasteiger partial charge in [0.15, 0.2) is 0 Å². The molecule has 1 saturated carbocycles. The Morgan fingerprint density at radius 2 is 2.00 bits per heavy atom. The van der Waals surface area contributed by atoms with Crippen LogP contribution in [0.2, 0.25) is 0 Å². The van der Waals surface area contributed by atoms with Crippen LogP contribution in [0, 0.1) is 11.8 Å². The third kappa shape index (κ3) is 8.01. The van der Waals surface area contributed by atoms with Gasteiger partial charge >= 0.3 is 5.97 Å². The minimum atomic E-state index is -0.717. The van der Waals surface area contributed by atoms with Crippen LogP contribution in [0.1, 0.15) is 56.9 Å². The lowest BCUT2D eigenvalue weighted by Gasteiger charge is -2.15. The average Bonchev–Trinajstić information content (AvgIpc) is 3.09. The Bertz CT molecular complexity index is 576. The fourth-order valence-corrected chi connectivity index (χ4v) is 3.70. The molecule has 1 unspecified atom stereocenters. The molecule has 0 radical (unpaired) electrons. The van der Waals surface area contributed by atoms with Crippen LogP contribution < -0.4 is 0 Å². The predicted molar refractivity (Wildman–Crippen MR) is 106 cm³/mol. The van der Waals surface area contributed by atoms with Crippen LogP contribution in [-0.4, -0.2) is 22.3 Å². The zero-order valence-electron chi connectivity index (χ0n) is 15.6. The van der Waals surface area contributed by atoms with E-state index in [9.17, 15) is 9.90 Å². The number of allylic oxidation sites excluding steroid dienone is 3. The first-order valence-electron chi connectivity index (χ1n) is 9.92. The predicted octanol–water partition coefficient (Wildman–Crippen LogP) is 5.15. The van der Waals surface area contributed by atoms with Gasteiger partial charge in [0.25, 0.3) is 0 Å². The van der Waals surface area contributed by atoms with Crippen molar-refractivity contribution in [2.75, 3.05) is 0 Å². The van der Waals surface area contributed by atoms with Crippen molar-refractivity contribution < 1.29 is 15.0 Å². The lowest BCUT2D eigenvalue weighted by atomic mass is 9.91. The highest BCUT2D eigenvalue weighted by atomic mass is 16.4. The minimum absolute atomic E-state index is 0.250. The third-order valence-electron chi connectivity index (χ3n) is 5.24. The van der Waals surface area contributed by atoms with Crippen molar-refractivity contribution in [3.05, 3.63) is 60.2 Å². The van der Waals surface area contributed by atoms with Crippen LogP contribution >= 0.6 is 0 Å². The van der Waals surface area contributed by atoms with E-state index < -0.39 is 5.97 Å². The standard InChI is InChI=1S/C23H32O3/c24-22(17-15-19-9-4-3-5-10-19)18-16-21-13-8-12-20(21)11-6-1-2-7-14-23(25)26/h1,3-6,9-10,16,18,20-22,24H,2,7-8,11-15,17H2,(H,25,26)/b6-1-,18-16+/t20-,21?,22-/m0/s1. The zero-order valence-corrected chi connectivity index (χ0v) is 15.6. The van der Waals surface area contributed by atoms with Crippen LogP contribution in [0.25, 0.3) is 0 Å². The number of carboxylic acids is 1. The SMILES string of the molecule is O=C(O)CCC/C=C\C[C@H]1CCCC1/C=C/[C@@H](O)CCc1ccccc1. The molecule has 1 aromatic carbocycles. The van der Waals surface area contributed by atoms with Gasteiger partial charge in [-0.2, -0.15) is 0 Å². The number of hydrogen-bond acceptors (Lipinski definition) is 2. The number of aliphatic carboxylic acids is 1. The quantitative estimate of drug-likeness (QED) is 0.426. The van der Waals surface area contributed by atoms with Crippen molar-refractivity contribution in [2.45, 2.75) is 63.9 Å². The van der Waals surface area contributed by atoms with E-state index >= 15 is 0 Å². The monoisotopic (exact) mass is 356 g/mol. The summed E-state index contributed by atoms with van der Waals surface area (Å²) >= 11 is 0. The highest BCUT2D eigenvalue weighted by molar-refractivity contribution is 5.66. The average molecular weight is 357 g/mol. The molecule has 3 atom stereocenters. The second kappa shape index (κ2) is 11.7. The van der Waals surface area contributed by atoms with Gasteiger partial charge in [0.05, 0.1) is 6.10 Å². The molecule has 142 valence electrons. The summed E-state index contributed by atoms with van der Waals surface area (Å²) in [5.41, 5.74) is 1.27. The van der Waals surface area contributed by atoms with Crippen LogP contribution in [0.4, 0.5) is 0 Å². The Balaban J connectivity index is 1.68. The van der Waals surface area contributed by atoms with E-state index in [1.807, 2.05) is 24.3 Å². The van der Waals surface area contributed by atoms with Crippen LogP contribution in [0.5, 0.6) is 0 Å². The Kier molecular flexibility index (Phi) is 9.19. The maximum Gasteiger partial charge on any atom is 0.303 e. The number of aryl methyl sites for hydroxylation is 1. The highest BCUT2D eigenvalue weighted by Crippen LogP contribution is 2.35. The highest BCUT2D eigenvalue weighted by Gasteiger charge is 2.24. The number of benzene rings is 1. The number of unbranched alkanes of at least 4 members (excludes halogenated alkanes) is 1. The lowest BCUT2D eigenvalue weighted by molar-refractivity contribution is -0.137. The van der Waals surface area contributed by atoms with Gasteiger partial charge < -0.3 is 10.2 Å². The first kappa shape index (κ1) is 20.4. The van der Waals surface area contributed by atoms with Gasteiger partial charge in [0, 0.05) is 6.42 Å². The van der Waals surface area contributed by atoms with Crippen LogP contribution in [0.3, 0.4) is 0 Å². The maximum atomic E-state index is 10.5. The fraction of sp³-hybridized carbons (Fsp3) is 0.522. The van der Waals surface area contributed by atoms with Gasteiger partial charge in [0.1, 0.15) is 0 Å². The molecule has 2 N–H and O–H groups in total. The summed E-state index contributed by atoms with van der Waals surface area (Å²) in [5, 5.41) is 18.9. The van der Waals surface area contributed by atoms with Crippen molar-refractivity contribution in [1.29, 1.82) is 0 Å². The summed E-state index contributed by atoms with van der Waals surface area (Å²) in [5.74, 6) is 0.499. The molecule has 1 fully saturated rings. The fourth-order valence-electron chi connectivity index (χ4n) is 3.70. The van der Waals surface area contributed by atoms with E-state index in [4.69, 9.17) is 5.11 Å². The number of rotatable bonds is 11. The largest absolute Gasteiger partial charge is 0.481 e. The second-order valence-corrected chi connectivity index (χ2v) is 7.32. The molecule has 0 bridgehead atoms. The normalized spacial score (nSPS) is 21.6. The number of aliphatic hydroxyl groups is 1. The van der Waals surface area contributed by atoms with Crippen molar-refractivity contribution in [1.82, 2.24) is 0 Å². The minimum Gasteiger partial charge on any atom is -0.481 e. The van der Waals surface area contributed by atoms with E-state index in [0.29, 0.717) is 18.3 Å². The third-order valence-corrected chi connectivity index (χ3v) is 5.24. The van der Waals surface area contributed by atoms with Crippen molar-refractivity contribution >= 4 is 5.97 Å². The molecule has 3 nitrogen and oxygen atoms in total. The first-order chi connectivity index (χ1) is 12.6. The van der Waals surface area contributed by atoms with E-state index in [-0.39, 0.29) is 12.5 Å². The Morgan fingerprint density at radius 3 is 2.77 bits per heavy atom. The van der Waals surface area contributed by atoms with E-state index in [0.717, 1.165) is 25.7 Å². The molecule has 26 heavy (non-hydrogen) atoms. The summed E-state index contributed by atoms with van der Waals surface area (Å²) in [6.07, 6.45) is 16.4. The van der Waals surface area contributed by atoms with Gasteiger partial charge in [-0.3, -0.25) is 4.79 Å². The van der Waals surface area contributed by atoms with E-state index in [1.165, 1.54) is 24.8 Å². The van der Waals surface area contributed by atoms with Gasteiger partial charge in [-0.25, -0.2) is 0 Å². The lowest BCUT2D eigenvalue weighted by Crippen LogP contribution is -2.08. The van der Waals surface area contributed by atoms with Gasteiger partial charge in [0.2, 0.25) is 0 Å². The molecular formula is C23H32O3. The molecule has 0 spiro atoms. The molecule has 1 aliphatic carbocycles. The van der Waals surface area contributed by atoms with Gasteiger partial charge in [-0.15, -0.1) is 0 Å². The molecule has 0 amide bonds. The topological polar surface area (TPSA) is 57.5 Å². The molecule has 3 heteroatoms. The molecule has 0 saturated heterocycles. The number of carboxylic acid groups (broad SMARTS) is 1. The van der Waals surface area contributed by atoms with E-state index in [1.54, 1.807) is 0 Å². The van der Waals surface area contributed by atoms with E-state index in [2.05, 4.69) is 30.4 Å². The molecule has 1 aliphatic rings. The Morgan fingerprint density at radius 1 is 1.19 bits per heavy atom. The molecule has 0 aromatic heterocycles. The van der Waals surface area contributed by atoms with Crippen LogP contribution in [-0.2, 0) is 11.2 Å². The smallest absolute Gasteiger partial charge is 0.303 e. The maximum absolute atomic E-state index is 10.5. The van der Waals surface area contributed by atoms with Crippen molar-refractivity contribution in [3.8, 4) is 0 Å². The summed E-state index contributed by atoms with van der Waals surface area (Å²) < 4.78 is 0. The van der Waals surface area contributed by atoms with Crippen LogP contribution in [0.15, 0.2) is 54.6 Å². The zero-order chi connectivity index (χ0) is 18.6. The van der Waals surface area contributed by atoms with Gasteiger partial charge in [-0.1, -0.05) is 61.1 Å². The molecular weight excluding hydrogens is 324 g/mol. The summed E-state index contributed by atoms with van der Waals surface area (Å²) in [6.45, 7) is 0. The van der Waals surface area contributed by atoms with Crippen molar-refractivity contribution in [3.63, 3.8) is 0 Å². The van der Waals surface area contributed by atoms with Gasteiger partial charge in [-0.05, 0) is 62.3 Å². The molecule has 2 rings (SSSR count). The number of carbonyl (C=O) groups is 1. The number of hydrogen-bond donors (Lipinski definition) is 2. The Hall–Kier alpha value is -1.87. The molecule has 0 aliphatic heterocycles. The Labute approximate surface area is 157 Å². The second-order valence-electron chi connectivity index (χ2n) is 7.32. The summed E-state index contributed by atoms with van der Waals surface area (Å²) in [4.78, 5) is 10.5.